The number of H-pyrrole nitrogens is 1. The molecule has 24 heavy (non-hydrogen) atoms. The predicted octanol–water partition coefficient (Wildman–Crippen LogP) is 2.93. The Bertz CT molecular complexity index is 1150. The maximum absolute atomic E-state index is 12.5. The molecule has 2 heterocycles. The number of benzene rings is 2. The highest BCUT2D eigenvalue weighted by Gasteiger charge is 2.17. The molecule has 1 N–H and O–H groups in total. The van der Waals surface area contributed by atoms with E-state index in [1.807, 2.05) is 18.2 Å². The number of nitrogens with one attached hydrogen (secondary N) is 1. The van der Waals surface area contributed by atoms with Gasteiger partial charge in [0.1, 0.15) is 5.52 Å². The lowest BCUT2D eigenvalue weighted by molar-refractivity contribution is -0.578. The molecular weight excluding hydrogens is 324 g/mol. The maximum Gasteiger partial charge on any atom is 0.290 e. The van der Waals surface area contributed by atoms with Gasteiger partial charge in [0.25, 0.3) is 5.65 Å². The van der Waals surface area contributed by atoms with Gasteiger partial charge in [0, 0.05) is 5.39 Å². The maximum atomic E-state index is 12.5. The molecule has 0 fully saturated rings. The van der Waals surface area contributed by atoms with Crippen molar-refractivity contribution in [3.63, 3.8) is 0 Å². The Balaban J connectivity index is 1.81. The number of fused-ring (bicyclic) bond motifs is 3. The van der Waals surface area contributed by atoms with Gasteiger partial charge in [-0.2, -0.15) is 0 Å². The Morgan fingerprint density at radius 3 is 2.54 bits per heavy atom. The van der Waals surface area contributed by atoms with Crippen LogP contribution in [0.1, 0.15) is 5.56 Å². The molecule has 0 spiro atoms. The molecule has 0 radical (unpaired) electrons. The van der Waals surface area contributed by atoms with Crippen molar-refractivity contribution in [3.05, 3.63) is 77.6 Å². The van der Waals surface area contributed by atoms with E-state index in [-0.39, 0.29) is 5.75 Å². The van der Waals surface area contributed by atoms with Crippen LogP contribution in [0.5, 0.6) is 0 Å². The van der Waals surface area contributed by atoms with Crippen LogP contribution in [-0.2, 0) is 15.6 Å². The summed E-state index contributed by atoms with van der Waals surface area (Å²) in [5, 5.41) is 13.5. The van der Waals surface area contributed by atoms with E-state index in [0.29, 0.717) is 16.1 Å². The molecule has 0 saturated heterocycles. The Morgan fingerprint density at radius 1 is 0.958 bits per heavy atom. The molecule has 0 bridgehead atoms. The summed E-state index contributed by atoms with van der Waals surface area (Å²) < 4.78 is 25.8. The fourth-order valence-electron chi connectivity index (χ4n) is 2.90. The standard InChI is InChI=1S/C18H14N2O3S/c21-20-10-4-7-15-16-11-13(8-9-17(16)19-18(15)20)12-24(22,23)14-5-2-1-3-6-14/h1-11,19H,12H2. The lowest BCUT2D eigenvalue weighted by atomic mass is 10.1. The van der Waals surface area contributed by atoms with Gasteiger partial charge >= 0.3 is 0 Å². The summed E-state index contributed by atoms with van der Waals surface area (Å²) in [5.41, 5.74) is 1.96. The smallest absolute Gasteiger partial charge is 0.290 e. The van der Waals surface area contributed by atoms with Crippen LogP contribution in [0.25, 0.3) is 21.9 Å². The van der Waals surface area contributed by atoms with Gasteiger partial charge in [0.05, 0.1) is 22.2 Å². The Kier molecular flexibility index (Phi) is 3.28. The lowest BCUT2D eigenvalue weighted by Crippen LogP contribution is -2.25. The van der Waals surface area contributed by atoms with Crippen molar-refractivity contribution in [1.82, 2.24) is 4.98 Å². The number of rotatable bonds is 3. The minimum atomic E-state index is -3.40. The number of pyridine rings is 1. The highest BCUT2D eigenvalue weighted by molar-refractivity contribution is 7.90. The summed E-state index contributed by atoms with van der Waals surface area (Å²) in [7, 11) is -3.40. The van der Waals surface area contributed by atoms with E-state index in [1.165, 1.54) is 6.20 Å². The zero-order chi connectivity index (χ0) is 16.7. The van der Waals surface area contributed by atoms with Crippen molar-refractivity contribution in [3.8, 4) is 0 Å². The highest BCUT2D eigenvalue weighted by Crippen LogP contribution is 2.26. The number of nitrogens with zero attached hydrogens (tertiary/aromatic N) is 1. The molecule has 120 valence electrons. The number of sulfone groups is 1. The number of aromatic nitrogens is 2. The van der Waals surface area contributed by atoms with Crippen LogP contribution >= 0.6 is 0 Å². The van der Waals surface area contributed by atoms with Crippen LogP contribution < -0.4 is 4.73 Å². The van der Waals surface area contributed by atoms with Gasteiger partial charge in [0.2, 0.25) is 0 Å². The number of aromatic amines is 1. The predicted molar refractivity (Wildman–Crippen MR) is 92.1 cm³/mol. The first-order valence-electron chi connectivity index (χ1n) is 7.45. The van der Waals surface area contributed by atoms with Crippen LogP contribution in [0.15, 0.2) is 71.8 Å². The number of hydrogen-bond acceptors (Lipinski definition) is 3. The van der Waals surface area contributed by atoms with Crippen molar-refractivity contribution in [2.45, 2.75) is 10.6 Å². The van der Waals surface area contributed by atoms with Crippen molar-refractivity contribution in [2.24, 2.45) is 0 Å². The molecule has 4 rings (SSSR count). The Labute approximate surface area is 138 Å². The van der Waals surface area contributed by atoms with Crippen LogP contribution in [0.2, 0.25) is 0 Å². The van der Waals surface area contributed by atoms with E-state index in [1.54, 1.807) is 42.5 Å². The second kappa shape index (κ2) is 5.35. The van der Waals surface area contributed by atoms with Crippen LogP contribution in [-0.4, -0.2) is 13.4 Å². The third-order valence-corrected chi connectivity index (χ3v) is 5.75. The van der Waals surface area contributed by atoms with E-state index < -0.39 is 9.84 Å². The quantitative estimate of drug-likeness (QED) is 0.461. The van der Waals surface area contributed by atoms with Gasteiger partial charge in [-0.1, -0.05) is 24.3 Å². The van der Waals surface area contributed by atoms with Crippen molar-refractivity contribution in [2.75, 3.05) is 0 Å². The van der Waals surface area contributed by atoms with E-state index in [0.717, 1.165) is 21.0 Å². The summed E-state index contributed by atoms with van der Waals surface area (Å²) in [5.74, 6) is -0.0795. The van der Waals surface area contributed by atoms with Gasteiger partial charge in [-0.15, -0.1) is 0 Å². The Hall–Kier alpha value is -2.86. The third-order valence-electron chi connectivity index (χ3n) is 4.05. The van der Waals surface area contributed by atoms with Gasteiger partial charge in [-0.3, -0.25) is 0 Å². The minimum Gasteiger partial charge on any atom is -0.711 e. The lowest BCUT2D eigenvalue weighted by Gasteiger charge is -2.04. The highest BCUT2D eigenvalue weighted by atomic mass is 32.2. The first kappa shape index (κ1) is 14.7. The first-order chi connectivity index (χ1) is 11.5. The SMILES string of the molecule is O=S(=O)(Cc1ccc2[nH]c3c(ccc[n+]3[O-])c2c1)c1ccccc1. The van der Waals surface area contributed by atoms with E-state index in [9.17, 15) is 13.6 Å². The van der Waals surface area contributed by atoms with E-state index >= 15 is 0 Å². The second-order valence-electron chi connectivity index (χ2n) is 5.67. The molecule has 0 saturated carbocycles. The van der Waals surface area contributed by atoms with Gasteiger partial charge in [0.15, 0.2) is 9.84 Å². The topological polar surface area (TPSA) is 76.9 Å². The largest absolute Gasteiger partial charge is 0.711 e. The molecule has 2 aromatic carbocycles. The van der Waals surface area contributed by atoms with E-state index in [2.05, 4.69) is 4.98 Å². The normalized spacial score (nSPS) is 12.0. The molecule has 2 aromatic heterocycles. The second-order valence-corrected chi connectivity index (χ2v) is 7.66. The fraction of sp³-hybridized carbons (Fsp3) is 0.0556. The molecule has 0 aliphatic carbocycles. The van der Waals surface area contributed by atoms with Gasteiger partial charge < -0.3 is 5.21 Å². The molecule has 4 aromatic rings. The molecule has 0 aliphatic rings. The van der Waals surface area contributed by atoms with Gasteiger partial charge in [-0.25, -0.2) is 18.1 Å². The molecule has 0 amide bonds. The summed E-state index contributed by atoms with van der Waals surface area (Å²) in [6.45, 7) is 0. The van der Waals surface area contributed by atoms with Crippen molar-refractivity contribution < 1.29 is 13.1 Å². The van der Waals surface area contributed by atoms with Crippen LogP contribution in [0.3, 0.4) is 0 Å². The summed E-state index contributed by atoms with van der Waals surface area (Å²) >= 11 is 0. The zero-order valence-corrected chi connectivity index (χ0v) is 13.5. The van der Waals surface area contributed by atoms with Gasteiger partial charge in [-0.05, 0) is 42.0 Å². The molecule has 0 atom stereocenters. The average Bonchev–Trinajstić information content (AvgIpc) is 2.95. The van der Waals surface area contributed by atoms with Crippen LogP contribution in [0.4, 0.5) is 0 Å². The van der Waals surface area contributed by atoms with Crippen molar-refractivity contribution in [1.29, 1.82) is 0 Å². The summed E-state index contributed by atoms with van der Waals surface area (Å²) in [4.78, 5) is 3.38. The Morgan fingerprint density at radius 2 is 1.75 bits per heavy atom. The summed E-state index contributed by atoms with van der Waals surface area (Å²) in [6, 6.07) is 17.3. The monoisotopic (exact) mass is 338 g/mol. The van der Waals surface area contributed by atoms with Crippen molar-refractivity contribution >= 4 is 31.8 Å². The molecule has 5 nitrogen and oxygen atoms in total. The van der Waals surface area contributed by atoms with E-state index in [4.69, 9.17) is 0 Å². The third kappa shape index (κ3) is 2.41. The molecule has 0 aliphatic heterocycles. The summed E-state index contributed by atoms with van der Waals surface area (Å²) in [6.07, 6.45) is 1.43. The first-order valence-corrected chi connectivity index (χ1v) is 9.10. The van der Waals surface area contributed by atoms with Crippen LogP contribution in [0, 0.1) is 5.21 Å². The fourth-order valence-corrected chi connectivity index (χ4v) is 4.26. The average molecular weight is 338 g/mol. The number of hydrogen-bond donors (Lipinski definition) is 1. The molecule has 0 unspecified atom stereocenters. The molecule has 6 heteroatoms. The molecular formula is C18H14N2O3S. The zero-order valence-electron chi connectivity index (χ0n) is 12.6. The minimum absolute atomic E-state index is 0.0795.